The lowest BCUT2D eigenvalue weighted by Crippen LogP contribution is -2.12. The third-order valence-corrected chi connectivity index (χ3v) is 3.36. The molecule has 0 aliphatic heterocycles. The molecule has 1 nitrogen and oxygen atoms in total. The first-order valence-corrected chi connectivity index (χ1v) is 6.34. The molecule has 16 heavy (non-hydrogen) atoms. The first kappa shape index (κ1) is 13.7. The lowest BCUT2D eigenvalue weighted by molar-refractivity contribution is 0.624. The first-order chi connectivity index (χ1) is 7.66. The van der Waals surface area contributed by atoms with E-state index in [0.717, 1.165) is 19.5 Å². The molecule has 0 saturated carbocycles. The quantitative estimate of drug-likeness (QED) is 0.633. The fourth-order valence-electron chi connectivity index (χ4n) is 1.24. The zero-order valence-electron chi connectivity index (χ0n) is 9.06. The van der Waals surface area contributed by atoms with E-state index in [1.165, 1.54) is 0 Å². The number of nitrogens with one attached hydrogen (secondary N) is 1. The minimum absolute atomic E-state index is 0.133. The zero-order chi connectivity index (χ0) is 12.0. The van der Waals surface area contributed by atoms with Crippen molar-refractivity contribution in [2.75, 3.05) is 13.1 Å². The summed E-state index contributed by atoms with van der Waals surface area (Å²) >= 11 is 8.95. The van der Waals surface area contributed by atoms with Crippen LogP contribution >= 0.6 is 27.5 Å². The largest absolute Gasteiger partial charge is 0.317 e. The summed E-state index contributed by atoms with van der Waals surface area (Å²) in [6.45, 7) is 3.91. The van der Waals surface area contributed by atoms with E-state index < -0.39 is 0 Å². The molecular weight excluding hydrogens is 292 g/mol. The smallest absolute Gasteiger partial charge is 0.150 e. The normalized spacial score (nSPS) is 11.2. The zero-order valence-corrected chi connectivity index (χ0v) is 11.4. The summed E-state index contributed by atoms with van der Waals surface area (Å²) in [5, 5.41) is 3.32. The molecule has 0 radical (unpaired) electrons. The first-order valence-electron chi connectivity index (χ1n) is 5.17. The van der Waals surface area contributed by atoms with Crippen molar-refractivity contribution in [2.45, 2.75) is 13.3 Å². The van der Waals surface area contributed by atoms with E-state index in [9.17, 15) is 4.39 Å². The minimum Gasteiger partial charge on any atom is -0.317 e. The second-order valence-electron chi connectivity index (χ2n) is 3.31. The van der Waals surface area contributed by atoms with Gasteiger partial charge in [0.15, 0.2) is 0 Å². The van der Waals surface area contributed by atoms with Crippen LogP contribution in [-0.4, -0.2) is 13.1 Å². The Labute approximate surface area is 109 Å². The topological polar surface area (TPSA) is 12.0 Å². The summed E-state index contributed by atoms with van der Waals surface area (Å²) in [4.78, 5) is 0. The molecule has 88 valence electrons. The van der Waals surface area contributed by atoms with Gasteiger partial charge in [-0.1, -0.05) is 36.7 Å². The third kappa shape index (κ3) is 3.89. The van der Waals surface area contributed by atoms with E-state index in [0.29, 0.717) is 10.0 Å². The maximum atomic E-state index is 13.6. The monoisotopic (exact) mass is 305 g/mol. The minimum atomic E-state index is -0.379. The summed E-state index contributed by atoms with van der Waals surface area (Å²) in [5.41, 5.74) is 0.518. The number of hydrogen-bond acceptors (Lipinski definition) is 1. The van der Waals surface area contributed by atoms with Crippen LogP contribution in [0.25, 0.3) is 6.08 Å². The van der Waals surface area contributed by atoms with Crippen LogP contribution in [-0.2, 0) is 0 Å². The molecule has 0 spiro atoms. The van der Waals surface area contributed by atoms with Crippen LogP contribution in [0.2, 0.25) is 5.02 Å². The molecule has 1 rings (SSSR count). The molecule has 0 amide bonds. The average molecular weight is 307 g/mol. The van der Waals surface area contributed by atoms with Crippen LogP contribution in [0.3, 0.4) is 0 Å². The fraction of sp³-hybridized carbons (Fsp3) is 0.333. The predicted molar refractivity (Wildman–Crippen MR) is 71.3 cm³/mol. The van der Waals surface area contributed by atoms with Crippen LogP contribution in [0.5, 0.6) is 0 Å². The highest BCUT2D eigenvalue weighted by Gasteiger charge is 2.07. The molecule has 0 heterocycles. The Bertz CT molecular complexity index is 380. The average Bonchev–Trinajstić information content (AvgIpc) is 2.28. The van der Waals surface area contributed by atoms with Crippen LogP contribution in [0.4, 0.5) is 4.39 Å². The molecule has 0 aliphatic carbocycles. The SMILES string of the molecule is CCNCC/C=C/c1ccc(Br)c(Cl)c1F. The third-order valence-electron chi connectivity index (χ3n) is 2.10. The van der Waals surface area contributed by atoms with Gasteiger partial charge in [-0.05, 0) is 41.5 Å². The van der Waals surface area contributed by atoms with Crippen molar-refractivity contribution in [3.05, 3.63) is 39.1 Å². The van der Waals surface area contributed by atoms with Gasteiger partial charge in [-0.15, -0.1) is 0 Å². The second-order valence-corrected chi connectivity index (χ2v) is 4.54. The molecule has 0 aromatic heterocycles. The van der Waals surface area contributed by atoms with E-state index >= 15 is 0 Å². The van der Waals surface area contributed by atoms with E-state index in [-0.39, 0.29) is 10.8 Å². The molecule has 0 unspecified atom stereocenters. The van der Waals surface area contributed by atoms with Gasteiger partial charge in [0, 0.05) is 10.0 Å². The van der Waals surface area contributed by atoms with Crippen LogP contribution in [0, 0.1) is 5.82 Å². The Kier molecular flexibility index (Phi) is 6.03. The van der Waals surface area contributed by atoms with Gasteiger partial charge >= 0.3 is 0 Å². The molecule has 0 atom stereocenters. The number of halogens is 3. The molecular formula is C12H14BrClFN. The fourth-order valence-corrected chi connectivity index (χ4v) is 1.72. The van der Waals surface area contributed by atoms with Gasteiger partial charge in [0.25, 0.3) is 0 Å². The predicted octanol–water partition coefficient (Wildman–Crippen LogP) is 4.25. The van der Waals surface area contributed by atoms with E-state index in [2.05, 4.69) is 28.2 Å². The molecule has 1 aromatic rings. The van der Waals surface area contributed by atoms with E-state index in [1.54, 1.807) is 18.2 Å². The van der Waals surface area contributed by atoms with Crippen molar-refractivity contribution in [1.29, 1.82) is 0 Å². The Morgan fingerprint density at radius 1 is 1.50 bits per heavy atom. The molecule has 4 heteroatoms. The van der Waals surface area contributed by atoms with Crippen molar-refractivity contribution in [1.82, 2.24) is 5.32 Å². The summed E-state index contributed by atoms with van der Waals surface area (Å²) in [5.74, 6) is -0.379. The van der Waals surface area contributed by atoms with Crippen LogP contribution < -0.4 is 5.32 Å². The molecule has 0 fully saturated rings. The van der Waals surface area contributed by atoms with Crippen molar-refractivity contribution in [3.8, 4) is 0 Å². The molecule has 1 N–H and O–H groups in total. The maximum Gasteiger partial charge on any atom is 0.150 e. The number of hydrogen-bond donors (Lipinski definition) is 1. The number of benzene rings is 1. The second kappa shape index (κ2) is 7.05. The van der Waals surface area contributed by atoms with Crippen LogP contribution in [0.15, 0.2) is 22.7 Å². The van der Waals surface area contributed by atoms with Crippen molar-refractivity contribution >= 4 is 33.6 Å². The summed E-state index contributed by atoms with van der Waals surface area (Å²) in [6.07, 6.45) is 4.57. The molecule has 0 bridgehead atoms. The van der Waals surface area contributed by atoms with E-state index in [1.807, 2.05) is 6.08 Å². The highest BCUT2D eigenvalue weighted by molar-refractivity contribution is 9.10. The van der Waals surface area contributed by atoms with Gasteiger partial charge in [0.1, 0.15) is 5.82 Å². The lowest BCUT2D eigenvalue weighted by Gasteiger charge is -2.01. The molecule has 1 aromatic carbocycles. The summed E-state index contributed by atoms with van der Waals surface area (Å²) in [6, 6.07) is 3.45. The summed E-state index contributed by atoms with van der Waals surface area (Å²) < 4.78 is 14.2. The molecule has 0 saturated heterocycles. The van der Waals surface area contributed by atoms with Gasteiger partial charge in [-0.3, -0.25) is 0 Å². The summed E-state index contributed by atoms with van der Waals surface area (Å²) in [7, 11) is 0. The van der Waals surface area contributed by atoms with Gasteiger partial charge in [0.05, 0.1) is 5.02 Å². The Morgan fingerprint density at radius 2 is 2.25 bits per heavy atom. The van der Waals surface area contributed by atoms with Crippen molar-refractivity contribution in [2.24, 2.45) is 0 Å². The maximum absolute atomic E-state index is 13.6. The van der Waals surface area contributed by atoms with Gasteiger partial charge < -0.3 is 5.32 Å². The van der Waals surface area contributed by atoms with Crippen molar-refractivity contribution in [3.63, 3.8) is 0 Å². The van der Waals surface area contributed by atoms with Gasteiger partial charge in [-0.25, -0.2) is 4.39 Å². The van der Waals surface area contributed by atoms with Crippen molar-refractivity contribution < 1.29 is 4.39 Å². The standard InChI is InChI=1S/C12H14BrClFN/c1-2-16-8-4-3-5-9-6-7-10(13)11(14)12(9)15/h3,5-7,16H,2,4,8H2,1H3/b5-3+. The molecule has 0 aliphatic rings. The van der Waals surface area contributed by atoms with Gasteiger partial charge in [-0.2, -0.15) is 0 Å². The Balaban J connectivity index is 2.64. The van der Waals surface area contributed by atoms with E-state index in [4.69, 9.17) is 11.6 Å². The van der Waals surface area contributed by atoms with Gasteiger partial charge in [0.2, 0.25) is 0 Å². The Morgan fingerprint density at radius 3 is 2.94 bits per heavy atom. The van der Waals surface area contributed by atoms with Crippen LogP contribution in [0.1, 0.15) is 18.9 Å². The highest BCUT2D eigenvalue weighted by Crippen LogP contribution is 2.28. The number of rotatable bonds is 5. The highest BCUT2D eigenvalue weighted by atomic mass is 79.9. The Hall–Kier alpha value is -0.380. The lowest BCUT2D eigenvalue weighted by atomic mass is 10.2.